The van der Waals surface area contributed by atoms with Crippen molar-refractivity contribution in [2.75, 3.05) is 5.32 Å². The lowest BCUT2D eigenvalue weighted by molar-refractivity contribution is 0.636. The highest BCUT2D eigenvalue weighted by molar-refractivity contribution is 9.10. The van der Waals surface area contributed by atoms with Crippen molar-refractivity contribution in [3.8, 4) is 0 Å². The zero-order valence-electron chi connectivity index (χ0n) is 10.7. The number of rotatable bonds is 2. The summed E-state index contributed by atoms with van der Waals surface area (Å²) in [4.78, 5) is 8.17. The Morgan fingerprint density at radius 3 is 2.80 bits per heavy atom. The molecule has 1 N–H and O–H groups in total. The topological polar surface area (TPSA) is 37.8 Å². The van der Waals surface area contributed by atoms with Gasteiger partial charge in [-0.2, -0.15) is 0 Å². The van der Waals surface area contributed by atoms with Crippen LogP contribution in [0.25, 0.3) is 10.9 Å². The van der Waals surface area contributed by atoms with Crippen LogP contribution in [-0.4, -0.2) is 9.97 Å². The van der Waals surface area contributed by atoms with Crippen molar-refractivity contribution in [1.29, 1.82) is 0 Å². The smallest absolute Gasteiger partial charge is 0.149 e. The quantitative estimate of drug-likeness (QED) is 0.746. The van der Waals surface area contributed by atoms with Crippen LogP contribution in [0, 0.1) is 12.7 Å². The van der Waals surface area contributed by atoms with E-state index < -0.39 is 0 Å². The van der Waals surface area contributed by atoms with Gasteiger partial charge in [0.05, 0.1) is 0 Å². The second-order valence-electron chi connectivity index (χ2n) is 4.45. The summed E-state index contributed by atoms with van der Waals surface area (Å²) in [6.45, 7) is 2.02. The lowest BCUT2D eigenvalue weighted by Gasteiger charge is -2.09. The largest absolute Gasteiger partial charge is 0.340 e. The van der Waals surface area contributed by atoms with Crippen molar-refractivity contribution in [3.63, 3.8) is 0 Å². The van der Waals surface area contributed by atoms with E-state index in [4.69, 9.17) is 0 Å². The van der Waals surface area contributed by atoms with Crippen LogP contribution in [0.1, 0.15) is 5.56 Å². The maximum Gasteiger partial charge on any atom is 0.149 e. The van der Waals surface area contributed by atoms with Crippen LogP contribution in [0.5, 0.6) is 0 Å². The second-order valence-corrected chi connectivity index (χ2v) is 5.30. The third-order valence-corrected chi connectivity index (χ3v) is 3.90. The van der Waals surface area contributed by atoms with Crippen molar-refractivity contribution in [2.24, 2.45) is 0 Å². The van der Waals surface area contributed by atoms with Gasteiger partial charge < -0.3 is 5.32 Å². The van der Waals surface area contributed by atoms with Gasteiger partial charge in [-0.15, -0.1) is 0 Å². The molecule has 0 aliphatic heterocycles. The molecule has 0 amide bonds. The standard InChI is InChI=1S/C15H11BrFN3/c1-9-5-6-10(7-12(9)16)20-15-11-3-2-4-13(17)14(11)18-8-19-15/h2-8H,1H3,(H,18,19,20). The highest BCUT2D eigenvalue weighted by atomic mass is 79.9. The number of hydrogen-bond donors (Lipinski definition) is 1. The molecule has 0 saturated heterocycles. The minimum atomic E-state index is -0.349. The summed E-state index contributed by atoms with van der Waals surface area (Å²) in [5, 5.41) is 3.85. The number of fused-ring (bicyclic) bond motifs is 1. The first-order chi connectivity index (χ1) is 9.65. The molecule has 3 aromatic rings. The van der Waals surface area contributed by atoms with Gasteiger partial charge in [-0.05, 0) is 36.8 Å². The van der Waals surface area contributed by atoms with E-state index >= 15 is 0 Å². The predicted molar refractivity (Wildman–Crippen MR) is 81.7 cm³/mol. The van der Waals surface area contributed by atoms with Gasteiger partial charge in [0.15, 0.2) is 0 Å². The highest BCUT2D eigenvalue weighted by Crippen LogP contribution is 2.27. The van der Waals surface area contributed by atoms with E-state index in [1.807, 2.05) is 25.1 Å². The number of para-hydroxylation sites is 1. The number of halogens is 2. The Bertz CT molecular complexity index is 789. The van der Waals surface area contributed by atoms with Crippen molar-refractivity contribution in [2.45, 2.75) is 6.92 Å². The van der Waals surface area contributed by atoms with Crippen molar-refractivity contribution < 1.29 is 4.39 Å². The minimum absolute atomic E-state index is 0.316. The van der Waals surface area contributed by atoms with Gasteiger partial charge in [-0.3, -0.25) is 0 Å². The van der Waals surface area contributed by atoms with Crippen LogP contribution in [0.15, 0.2) is 47.2 Å². The Labute approximate surface area is 124 Å². The summed E-state index contributed by atoms with van der Waals surface area (Å²) in [6.07, 6.45) is 1.36. The molecule has 0 spiro atoms. The molecule has 0 radical (unpaired) electrons. The van der Waals surface area contributed by atoms with Gasteiger partial charge in [0.25, 0.3) is 0 Å². The van der Waals surface area contributed by atoms with Crippen molar-refractivity contribution in [1.82, 2.24) is 9.97 Å². The molecule has 0 bridgehead atoms. The Balaban J connectivity index is 2.06. The summed E-state index contributed by atoms with van der Waals surface area (Å²) >= 11 is 3.49. The van der Waals surface area contributed by atoms with Gasteiger partial charge in [0.1, 0.15) is 23.5 Å². The highest BCUT2D eigenvalue weighted by Gasteiger charge is 2.07. The molecule has 0 saturated carbocycles. The van der Waals surface area contributed by atoms with Crippen LogP contribution < -0.4 is 5.32 Å². The average molecular weight is 332 g/mol. The predicted octanol–water partition coefficient (Wildman–Crippen LogP) is 4.58. The molecule has 5 heteroatoms. The zero-order chi connectivity index (χ0) is 14.1. The maximum absolute atomic E-state index is 13.7. The normalized spacial score (nSPS) is 10.8. The third-order valence-electron chi connectivity index (χ3n) is 3.05. The molecule has 0 aliphatic carbocycles. The first-order valence-corrected chi connectivity index (χ1v) is 6.87. The van der Waals surface area contributed by atoms with E-state index in [9.17, 15) is 4.39 Å². The van der Waals surface area contributed by atoms with Crippen LogP contribution in [0.3, 0.4) is 0 Å². The Hall–Kier alpha value is -2.01. The summed E-state index contributed by atoms with van der Waals surface area (Å²) in [5.74, 6) is 0.239. The summed E-state index contributed by atoms with van der Waals surface area (Å²) < 4.78 is 14.7. The molecule has 2 aromatic carbocycles. The number of anilines is 2. The Morgan fingerprint density at radius 1 is 1.15 bits per heavy atom. The number of nitrogens with zero attached hydrogens (tertiary/aromatic N) is 2. The molecule has 1 aromatic heterocycles. The number of aromatic nitrogens is 2. The summed E-state index contributed by atoms with van der Waals surface area (Å²) in [6, 6.07) is 10.7. The van der Waals surface area contributed by atoms with Crippen molar-refractivity contribution in [3.05, 3.63) is 58.6 Å². The second kappa shape index (κ2) is 5.17. The van der Waals surface area contributed by atoms with E-state index in [-0.39, 0.29) is 5.82 Å². The first-order valence-electron chi connectivity index (χ1n) is 6.07. The fourth-order valence-electron chi connectivity index (χ4n) is 1.96. The maximum atomic E-state index is 13.7. The molecule has 0 atom stereocenters. The molecule has 100 valence electrons. The van der Waals surface area contributed by atoms with Crippen molar-refractivity contribution >= 4 is 38.3 Å². The fourth-order valence-corrected chi connectivity index (χ4v) is 2.34. The van der Waals surface area contributed by atoms with E-state index in [1.165, 1.54) is 12.4 Å². The molecule has 0 aliphatic rings. The van der Waals surface area contributed by atoms with E-state index in [1.54, 1.807) is 12.1 Å². The molecule has 20 heavy (non-hydrogen) atoms. The van der Waals surface area contributed by atoms with Crippen LogP contribution >= 0.6 is 15.9 Å². The zero-order valence-corrected chi connectivity index (χ0v) is 12.3. The monoisotopic (exact) mass is 331 g/mol. The molecular formula is C15H11BrFN3. The lowest BCUT2D eigenvalue weighted by atomic mass is 10.2. The molecule has 1 heterocycles. The Morgan fingerprint density at radius 2 is 2.00 bits per heavy atom. The number of nitrogens with one attached hydrogen (secondary N) is 1. The molecule has 3 rings (SSSR count). The summed E-state index contributed by atoms with van der Waals surface area (Å²) in [7, 11) is 0. The van der Waals surface area contributed by atoms with E-state index in [2.05, 4.69) is 31.2 Å². The van der Waals surface area contributed by atoms with Gasteiger partial charge in [0.2, 0.25) is 0 Å². The van der Waals surface area contributed by atoms with Gasteiger partial charge in [-0.1, -0.05) is 28.1 Å². The van der Waals surface area contributed by atoms with Gasteiger partial charge in [-0.25, -0.2) is 14.4 Å². The Kier molecular flexibility index (Phi) is 3.36. The third kappa shape index (κ3) is 2.36. The molecular weight excluding hydrogens is 321 g/mol. The van der Waals surface area contributed by atoms with Crippen LogP contribution in [0.4, 0.5) is 15.9 Å². The molecule has 3 nitrogen and oxygen atoms in total. The molecule has 0 unspecified atom stereocenters. The van der Waals surface area contributed by atoms with E-state index in [0.717, 1.165) is 15.7 Å². The minimum Gasteiger partial charge on any atom is -0.340 e. The van der Waals surface area contributed by atoms with Gasteiger partial charge in [0, 0.05) is 15.5 Å². The van der Waals surface area contributed by atoms with E-state index in [0.29, 0.717) is 16.7 Å². The average Bonchev–Trinajstić information content (AvgIpc) is 2.44. The van der Waals surface area contributed by atoms with Crippen LogP contribution in [0.2, 0.25) is 0 Å². The number of aryl methyl sites for hydroxylation is 1. The fraction of sp³-hybridized carbons (Fsp3) is 0.0667. The first kappa shape index (κ1) is 13.0. The lowest BCUT2D eigenvalue weighted by Crippen LogP contribution is -1.97. The number of benzene rings is 2. The summed E-state index contributed by atoms with van der Waals surface area (Å²) in [5.41, 5.74) is 2.34. The van der Waals surface area contributed by atoms with Gasteiger partial charge >= 0.3 is 0 Å². The molecule has 0 fully saturated rings. The number of hydrogen-bond acceptors (Lipinski definition) is 3. The van der Waals surface area contributed by atoms with Crippen LogP contribution in [-0.2, 0) is 0 Å². The SMILES string of the molecule is Cc1ccc(Nc2ncnc3c(F)cccc23)cc1Br.